The van der Waals surface area contributed by atoms with Crippen LogP contribution in [0.5, 0.6) is 0 Å². The molecule has 7 heteroatoms. The molecule has 7 nitrogen and oxygen atoms in total. The number of rotatable bonds is 4. The van der Waals surface area contributed by atoms with E-state index in [0.29, 0.717) is 13.1 Å². The van der Waals surface area contributed by atoms with Gasteiger partial charge in [0.05, 0.1) is 6.42 Å². The number of primary amides is 1. The first kappa shape index (κ1) is 14.3. The molecule has 1 atom stereocenters. The van der Waals surface area contributed by atoms with E-state index in [0.717, 1.165) is 0 Å². The van der Waals surface area contributed by atoms with Gasteiger partial charge in [-0.25, -0.2) is 0 Å². The van der Waals surface area contributed by atoms with Gasteiger partial charge in [0.25, 0.3) is 0 Å². The Morgan fingerprint density at radius 2 is 1.62 bits per heavy atom. The van der Waals surface area contributed by atoms with E-state index in [1.165, 1.54) is 0 Å². The molecule has 0 bridgehead atoms. The van der Waals surface area contributed by atoms with Crippen LogP contribution in [0.4, 0.5) is 0 Å². The molecule has 0 aliphatic carbocycles. The third-order valence-corrected chi connectivity index (χ3v) is 0.905. The third-order valence-electron chi connectivity index (χ3n) is 0.905. The van der Waals surface area contributed by atoms with Crippen LogP contribution in [-0.4, -0.2) is 36.1 Å². The molecule has 0 aromatic rings. The van der Waals surface area contributed by atoms with Crippen molar-refractivity contribution in [3.8, 4) is 0 Å². The highest BCUT2D eigenvalue weighted by Gasteiger charge is 2.13. The number of hydrogen-bond donors (Lipinski definition) is 5. The molecule has 0 aliphatic heterocycles. The molecule has 78 valence electrons. The highest BCUT2D eigenvalue weighted by molar-refractivity contribution is 5.82. The number of nitrogens with two attached hydrogens (primary N) is 4. The van der Waals surface area contributed by atoms with Crippen LogP contribution >= 0.6 is 0 Å². The summed E-state index contributed by atoms with van der Waals surface area (Å²) in [6.07, 6.45) is -0.310. The van der Waals surface area contributed by atoms with Gasteiger partial charge in [-0.2, -0.15) is 0 Å². The number of hydrogen-bond acceptors (Lipinski definition) is 5. The first-order valence-electron chi connectivity index (χ1n) is 3.62. The number of carbonyl (C=O) groups is 2. The first-order valence-corrected chi connectivity index (χ1v) is 3.62. The van der Waals surface area contributed by atoms with E-state index in [4.69, 9.17) is 22.3 Å². The molecule has 0 aromatic heterocycles. The van der Waals surface area contributed by atoms with E-state index in [1.807, 2.05) is 0 Å². The molecule has 0 rings (SSSR count). The van der Waals surface area contributed by atoms with E-state index in [2.05, 4.69) is 5.73 Å². The average Bonchev–Trinajstić information content (AvgIpc) is 2.03. The predicted octanol–water partition coefficient (Wildman–Crippen LogP) is -2.82. The van der Waals surface area contributed by atoms with Crippen LogP contribution in [0, 0.1) is 0 Å². The van der Waals surface area contributed by atoms with Crippen molar-refractivity contribution in [2.45, 2.75) is 12.5 Å². The molecule has 0 aliphatic rings. The summed E-state index contributed by atoms with van der Waals surface area (Å²) in [6.45, 7) is 1.19. The van der Waals surface area contributed by atoms with Crippen LogP contribution in [0.25, 0.3) is 0 Å². The van der Waals surface area contributed by atoms with Crippen molar-refractivity contribution in [2.24, 2.45) is 22.9 Å². The second-order valence-electron chi connectivity index (χ2n) is 2.19. The lowest BCUT2D eigenvalue weighted by atomic mass is 10.2. The van der Waals surface area contributed by atoms with Crippen molar-refractivity contribution < 1.29 is 14.7 Å². The molecule has 0 spiro atoms. The zero-order valence-electron chi connectivity index (χ0n) is 7.27. The predicted molar refractivity (Wildman–Crippen MR) is 47.5 cm³/mol. The molecule has 1 amide bonds. The van der Waals surface area contributed by atoms with Gasteiger partial charge in [0.2, 0.25) is 5.91 Å². The lowest BCUT2D eigenvalue weighted by Crippen LogP contribution is -2.34. The Kier molecular flexibility index (Phi) is 9.84. The smallest absolute Gasteiger partial charge is 0.321 e. The van der Waals surface area contributed by atoms with Gasteiger partial charge < -0.3 is 28.0 Å². The molecule has 0 unspecified atom stereocenters. The Morgan fingerprint density at radius 1 is 1.23 bits per heavy atom. The maximum absolute atomic E-state index is 9.99. The van der Waals surface area contributed by atoms with Crippen molar-refractivity contribution in [3.05, 3.63) is 0 Å². The van der Waals surface area contributed by atoms with Crippen molar-refractivity contribution in [3.63, 3.8) is 0 Å². The number of amides is 1. The molecule has 0 radical (unpaired) electrons. The fraction of sp³-hybridized carbons (Fsp3) is 0.667. The van der Waals surface area contributed by atoms with Gasteiger partial charge in [0, 0.05) is 13.1 Å². The zero-order valence-corrected chi connectivity index (χ0v) is 7.27. The van der Waals surface area contributed by atoms with Crippen LogP contribution in [-0.2, 0) is 9.59 Å². The molecule has 13 heavy (non-hydrogen) atoms. The summed E-state index contributed by atoms with van der Waals surface area (Å²) in [7, 11) is 0. The maximum Gasteiger partial charge on any atom is 0.321 e. The van der Waals surface area contributed by atoms with Gasteiger partial charge in [-0.3, -0.25) is 9.59 Å². The van der Waals surface area contributed by atoms with Crippen LogP contribution in [0.2, 0.25) is 0 Å². The number of carboxylic acids is 1. The van der Waals surface area contributed by atoms with Gasteiger partial charge in [0.15, 0.2) is 0 Å². The second-order valence-corrected chi connectivity index (χ2v) is 2.19. The van der Waals surface area contributed by atoms with E-state index in [1.54, 1.807) is 0 Å². The van der Waals surface area contributed by atoms with Crippen LogP contribution in [0.1, 0.15) is 6.42 Å². The standard InChI is InChI=1S/C4H8N2O3.C2H8N2/c5-2(4(8)9)1-3(6)7;3-1-2-4/h2H,1,5H2,(H2,6,7)(H,8,9);1-4H2/t2-;/m0./s1. The Balaban J connectivity index is 0. The van der Waals surface area contributed by atoms with Crippen molar-refractivity contribution in [1.82, 2.24) is 0 Å². The lowest BCUT2D eigenvalue weighted by Gasteiger charge is -1.99. The minimum absolute atomic E-state index is 0.310. The van der Waals surface area contributed by atoms with E-state index in [-0.39, 0.29) is 6.42 Å². The normalized spacial score (nSPS) is 11.0. The van der Waals surface area contributed by atoms with Gasteiger partial charge >= 0.3 is 5.97 Å². The molecule has 0 saturated carbocycles. The molecule has 0 saturated heterocycles. The van der Waals surface area contributed by atoms with Gasteiger partial charge in [-0.05, 0) is 0 Å². The molecular formula is C6H16N4O3. The fourth-order valence-corrected chi connectivity index (χ4v) is 0.304. The number of aliphatic carboxylic acids is 1. The summed E-state index contributed by atoms with van der Waals surface area (Å²) in [5, 5.41) is 8.10. The Bertz CT molecular complexity index is 160. The minimum Gasteiger partial charge on any atom is -0.480 e. The van der Waals surface area contributed by atoms with Crippen molar-refractivity contribution >= 4 is 11.9 Å². The highest BCUT2D eigenvalue weighted by Crippen LogP contribution is 1.84. The summed E-state index contributed by atoms with van der Waals surface area (Å²) in [4.78, 5) is 19.9. The van der Waals surface area contributed by atoms with Crippen molar-refractivity contribution in [1.29, 1.82) is 0 Å². The van der Waals surface area contributed by atoms with Crippen LogP contribution in [0.15, 0.2) is 0 Å². The Labute approximate surface area is 76.0 Å². The summed E-state index contributed by atoms with van der Waals surface area (Å²) in [5.41, 5.74) is 19.4. The quantitative estimate of drug-likeness (QED) is 0.323. The first-order chi connectivity index (χ1) is 5.95. The molecule has 0 fully saturated rings. The van der Waals surface area contributed by atoms with Crippen LogP contribution in [0.3, 0.4) is 0 Å². The van der Waals surface area contributed by atoms with E-state index in [9.17, 15) is 9.59 Å². The van der Waals surface area contributed by atoms with E-state index < -0.39 is 17.9 Å². The summed E-state index contributed by atoms with van der Waals surface area (Å²) in [6, 6.07) is -1.16. The lowest BCUT2D eigenvalue weighted by molar-refractivity contribution is -0.140. The second kappa shape index (κ2) is 8.91. The summed E-state index contributed by atoms with van der Waals surface area (Å²) < 4.78 is 0. The third kappa shape index (κ3) is 13.8. The van der Waals surface area contributed by atoms with Gasteiger partial charge in [-0.15, -0.1) is 0 Å². The van der Waals surface area contributed by atoms with Gasteiger partial charge in [0.1, 0.15) is 6.04 Å². The minimum atomic E-state index is -1.21. The number of carboxylic acid groups (broad SMARTS) is 1. The Hall–Kier alpha value is -1.18. The van der Waals surface area contributed by atoms with Crippen LogP contribution < -0.4 is 22.9 Å². The number of carbonyl (C=O) groups excluding carboxylic acids is 1. The van der Waals surface area contributed by atoms with Crippen molar-refractivity contribution in [2.75, 3.05) is 13.1 Å². The zero-order chi connectivity index (χ0) is 10.9. The monoisotopic (exact) mass is 192 g/mol. The summed E-state index contributed by atoms with van der Waals surface area (Å²) >= 11 is 0. The molecule has 0 heterocycles. The largest absolute Gasteiger partial charge is 0.480 e. The maximum atomic E-state index is 9.99. The summed E-state index contributed by atoms with van der Waals surface area (Å²) in [5.74, 6) is -1.92. The molecule has 9 N–H and O–H groups in total. The molecular weight excluding hydrogens is 176 g/mol. The fourth-order valence-electron chi connectivity index (χ4n) is 0.304. The topological polar surface area (TPSA) is 158 Å². The molecule has 0 aromatic carbocycles. The van der Waals surface area contributed by atoms with E-state index >= 15 is 0 Å². The highest BCUT2D eigenvalue weighted by atomic mass is 16.4. The average molecular weight is 192 g/mol. The Morgan fingerprint density at radius 3 is 1.69 bits per heavy atom. The SMILES string of the molecule is NC(=O)C[C@H](N)C(=O)O.NCCN. The van der Waals surface area contributed by atoms with Gasteiger partial charge in [-0.1, -0.05) is 0 Å².